The number of hydrogen-bond donors (Lipinski definition) is 1. The summed E-state index contributed by atoms with van der Waals surface area (Å²) in [7, 11) is 0. The number of benzene rings is 2. The molecule has 3 aromatic rings. The van der Waals surface area contributed by atoms with Crippen LogP contribution in [0, 0.1) is 0 Å². The summed E-state index contributed by atoms with van der Waals surface area (Å²) in [5.74, 6) is 1.79. The van der Waals surface area contributed by atoms with Crippen molar-refractivity contribution in [2.24, 2.45) is 0 Å². The van der Waals surface area contributed by atoms with Crippen molar-refractivity contribution < 1.29 is 9.47 Å². The summed E-state index contributed by atoms with van der Waals surface area (Å²) in [6, 6.07) is 14.3. The van der Waals surface area contributed by atoms with Crippen molar-refractivity contribution in [3.05, 3.63) is 47.8 Å². The zero-order valence-corrected chi connectivity index (χ0v) is 16.0. The van der Waals surface area contributed by atoms with Gasteiger partial charge in [0.2, 0.25) is 0 Å². The fourth-order valence-corrected chi connectivity index (χ4v) is 3.76. The van der Waals surface area contributed by atoms with Crippen LogP contribution in [-0.4, -0.2) is 23.7 Å². The highest BCUT2D eigenvalue weighted by molar-refractivity contribution is 7.13. The third-order valence-electron chi connectivity index (χ3n) is 4.16. The minimum atomic E-state index is 0.177. The van der Waals surface area contributed by atoms with Gasteiger partial charge in [-0.15, -0.1) is 11.3 Å². The van der Waals surface area contributed by atoms with Crippen molar-refractivity contribution in [3.63, 3.8) is 0 Å². The molecule has 0 spiro atoms. The molecule has 0 aliphatic carbocycles. The standard InChI is InChI=1S/C21H22N2O2S/c1-13(2)24-17-7-4-15(5-8-17)19-12-26-21(23-19)16-6-9-20-18(10-16)22-11-14(3)25-20/h4-10,12-14,22H,11H2,1-3H3. The minimum absolute atomic E-state index is 0.177. The molecule has 1 aromatic heterocycles. The summed E-state index contributed by atoms with van der Waals surface area (Å²) in [5.41, 5.74) is 4.21. The van der Waals surface area contributed by atoms with Gasteiger partial charge in [-0.3, -0.25) is 0 Å². The van der Waals surface area contributed by atoms with Crippen LogP contribution < -0.4 is 14.8 Å². The Morgan fingerprint density at radius 2 is 1.92 bits per heavy atom. The molecule has 4 rings (SSSR count). The number of rotatable bonds is 4. The molecule has 2 heterocycles. The second-order valence-corrected chi connectivity index (χ2v) is 7.61. The number of anilines is 1. The van der Waals surface area contributed by atoms with E-state index in [1.165, 1.54) is 0 Å². The molecule has 0 bridgehead atoms. The highest BCUT2D eigenvalue weighted by Gasteiger charge is 2.17. The van der Waals surface area contributed by atoms with Crippen LogP contribution in [0.5, 0.6) is 11.5 Å². The van der Waals surface area contributed by atoms with Crippen LogP contribution in [0.15, 0.2) is 47.8 Å². The first-order valence-corrected chi connectivity index (χ1v) is 9.74. The van der Waals surface area contributed by atoms with Crippen LogP contribution in [0.4, 0.5) is 5.69 Å². The van der Waals surface area contributed by atoms with E-state index in [9.17, 15) is 0 Å². The first-order chi connectivity index (χ1) is 12.6. The Kier molecular flexibility index (Phi) is 4.55. The highest BCUT2D eigenvalue weighted by atomic mass is 32.1. The largest absolute Gasteiger partial charge is 0.491 e. The molecule has 1 atom stereocenters. The quantitative estimate of drug-likeness (QED) is 0.666. The minimum Gasteiger partial charge on any atom is -0.491 e. The summed E-state index contributed by atoms with van der Waals surface area (Å²) < 4.78 is 11.5. The second kappa shape index (κ2) is 7.00. The van der Waals surface area contributed by atoms with Crippen molar-refractivity contribution in [1.29, 1.82) is 0 Å². The molecule has 1 N–H and O–H groups in total. The van der Waals surface area contributed by atoms with E-state index in [0.717, 1.165) is 45.6 Å². The summed E-state index contributed by atoms with van der Waals surface area (Å²) in [6.07, 6.45) is 0.374. The molecule has 0 saturated heterocycles. The molecule has 2 aromatic carbocycles. The van der Waals surface area contributed by atoms with Crippen molar-refractivity contribution >= 4 is 17.0 Å². The lowest BCUT2D eigenvalue weighted by Gasteiger charge is -2.25. The van der Waals surface area contributed by atoms with Crippen molar-refractivity contribution in [2.45, 2.75) is 33.0 Å². The molecule has 4 nitrogen and oxygen atoms in total. The van der Waals surface area contributed by atoms with Gasteiger partial charge in [0.05, 0.1) is 24.0 Å². The molecule has 0 radical (unpaired) electrons. The van der Waals surface area contributed by atoms with Crippen LogP contribution in [0.3, 0.4) is 0 Å². The lowest BCUT2D eigenvalue weighted by Crippen LogP contribution is -2.27. The van der Waals surface area contributed by atoms with Crippen LogP contribution in [0.25, 0.3) is 21.8 Å². The Balaban J connectivity index is 1.56. The van der Waals surface area contributed by atoms with Gasteiger partial charge < -0.3 is 14.8 Å². The number of hydrogen-bond acceptors (Lipinski definition) is 5. The van der Waals surface area contributed by atoms with E-state index >= 15 is 0 Å². The maximum atomic E-state index is 5.84. The maximum Gasteiger partial charge on any atom is 0.142 e. The van der Waals surface area contributed by atoms with Crippen molar-refractivity contribution in [2.75, 3.05) is 11.9 Å². The Hall–Kier alpha value is -2.53. The molecule has 0 amide bonds. The van der Waals surface area contributed by atoms with Crippen molar-refractivity contribution in [1.82, 2.24) is 4.98 Å². The first-order valence-electron chi connectivity index (χ1n) is 8.86. The van der Waals surface area contributed by atoms with Crippen LogP contribution in [-0.2, 0) is 0 Å². The van der Waals surface area contributed by atoms with E-state index in [4.69, 9.17) is 14.5 Å². The fourth-order valence-electron chi connectivity index (χ4n) is 2.93. The number of nitrogens with one attached hydrogen (secondary N) is 1. The number of ether oxygens (including phenoxy) is 2. The highest BCUT2D eigenvalue weighted by Crippen LogP contribution is 2.36. The van der Waals surface area contributed by atoms with Crippen LogP contribution >= 0.6 is 11.3 Å². The van der Waals surface area contributed by atoms with Gasteiger partial charge in [-0.05, 0) is 63.2 Å². The van der Waals surface area contributed by atoms with Gasteiger partial charge in [0.25, 0.3) is 0 Å². The first kappa shape index (κ1) is 16.9. The van der Waals surface area contributed by atoms with Gasteiger partial charge >= 0.3 is 0 Å². The molecular weight excluding hydrogens is 344 g/mol. The van der Waals surface area contributed by atoms with E-state index in [-0.39, 0.29) is 12.2 Å². The maximum absolute atomic E-state index is 5.84. The molecule has 0 saturated carbocycles. The third-order valence-corrected chi connectivity index (χ3v) is 5.05. The van der Waals surface area contributed by atoms with Gasteiger partial charge in [-0.2, -0.15) is 0 Å². The molecule has 1 aliphatic heterocycles. The number of thiazole rings is 1. The van der Waals surface area contributed by atoms with Gasteiger partial charge in [-0.1, -0.05) is 0 Å². The van der Waals surface area contributed by atoms with Gasteiger partial charge in [-0.25, -0.2) is 4.98 Å². The Labute approximate surface area is 157 Å². The fraction of sp³-hybridized carbons (Fsp3) is 0.286. The Morgan fingerprint density at radius 3 is 2.69 bits per heavy atom. The van der Waals surface area contributed by atoms with E-state index < -0.39 is 0 Å². The molecule has 26 heavy (non-hydrogen) atoms. The Bertz CT molecular complexity index is 903. The van der Waals surface area contributed by atoms with Crippen LogP contribution in [0.2, 0.25) is 0 Å². The monoisotopic (exact) mass is 366 g/mol. The SMILES string of the molecule is CC(C)Oc1ccc(-c2csc(-c3ccc4c(c3)NCC(C)O4)n2)cc1. The summed E-state index contributed by atoms with van der Waals surface area (Å²) >= 11 is 1.65. The molecule has 134 valence electrons. The summed E-state index contributed by atoms with van der Waals surface area (Å²) in [6.45, 7) is 6.94. The summed E-state index contributed by atoms with van der Waals surface area (Å²) in [5, 5.41) is 6.52. The lowest BCUT2D eigenvalue weighted by molar-refractivity contribution is 0.226. The molecule has 5 heteroatoms. The predicted octanol–water partition coefficient (Wildman–Crippen LogP) is 5.46. The second-order valence-electron chi connectivity index (χ2n) is 6.75. The van der Waals surface area contributed by atoms with E-state index in [1.54, 1.807) is 11.3 Å². The normalized spacial score (nSPS) is 15.9. The number of nitrogens with zero attached hydrogens (tertiary/aromatic N) is 1. The number of fused-ring (bicyclic) bond motifs is 1. The van der Waals surface area contributed by atoms with Crippen molar-refractivity contribution in [3.8, 4) is 33.3 Å². The zero-order chi connectivity index (χ0) is 18.1. The molecular formula is C21H22N2O2S. The molecule has 1 unspecified atom stereocenters. The van der Waals surface area contributed by atoms with E-state index in [2.05, 4.69) is 41.9 Å². The predicted molar refractivity (Wildman–Crippen MR) is 107 cm³/mol. The van der Waals surface area contributed by atoms with Gasteiger partial charge in [0.1, 0.15) is 22.6 Å². The Morgan fingerprint density at radius 1 is 1.15 bits per heavy atom. The van der Waals surface area contributed by atoms with Crippen LogP contribution in [0.1, 0.15) is 20.8 Å². The topological polar surface area (TPSA) is 43.4 Å². The lowest BCUT2D eigenvalue weighted by atomic mass is 10.1. The molecule has 1 aliphatic rings. The third kappa shape index (κ3) is 3.53. The molecule has 0 fully saturated rings. The summed E-state index contributed by atoms with van der Waals surface area (Å²) in [4.78, 5) is 4.81. The van der Waals surface area contributed by atoms with Gasteiger partial charge in [0, 0.05) is 16.5 Å². The van der Waals surface area contributed by atoms with E-state index in [1.807, 2.05) is 32.0 Å². The number of aromatic nitrogens is 1. The smallest absolute Gasteiger partial charge is 0.142 e. The van der Waals surface area contributed by atoms with E-state index in [0.29, 0.717) is 0 Å². The van der Waals surface area contributed by atoms with Gasteiger partial charge in [0.15, 0.2) is 0 Å². The average molecular weight is 366 g/mol. The average Bonchev–Trinajstić information content (AvgIpc) is 3.11. The zero-order valence-electron chi connectivity index (χ0n) is 15.2.